The molecular weight excluding hydrogens is 273 g/mol. The molecule has 1 aromatic heterocycles. The topological polar surface area (TPSA) is 61.3 Å². The van der Waals surface area contributed by atoms with Gasteiger partial charge in [-0.3, -0.25) is 0 Å². The van der Waals surface area contributed by atoms with Crippen LogP contribution in [0.5, 0.6) is 0 Å². The van der Waals surface area contributed by atoms with Crippen LogP contribution in [0, 0.1) is 0 Å². The molecular formula is C12H19F3N4O. The number of alkyl halides is 3. The van der Waals surface area contributed by atoms with Gasteiger partial charge in [-0.05, 0) is 6.42 Å². The lowest BCUT2D eigenvalue weighted by molar-refractivity contribution is -0.120. The van der Waals surface area contributed by atoms with Crippen molar-refractivity contribution in [3.63, 3.8) is 0 Å². The van der Waals surface area contributed by atoms with Crippen molar-refractivity contribution in [1.82, 2.24) is 9.97 Å². The minimum atomic E-state index is -4.36. The Kier molecular flexibility index (Phi) is 6.00. The molecule has 1 aromatic rings. The molecule has 0 bridgehead atoms. The van der Waals surface area contributed by atoms with E-state index in [0.717, 1.165) is 11.3 Å². The normalized spacial score (nSPS) is 11.5. The summed E-state index contributed by atoms with van der Waals surface area (Å²) in [5.74, 6) is 0.736. The average molecular weight is 292 g/mol. The molecule has 0 unspecified atom stereocenters. The van der Waals surface area contributed by atoms with E-state index in [1.165, 1.54) is 6.33 Å². The van der Waals surface area contributed by atoms with Crippen molar-refractivity contribution in [2.75, 3.05) is 37.0 Å². The number of aliphatic hydroxyl groups is 1. The summed E-state index contributed by atoms with van der Waals surface area (Å²) in [6.45, 7) is 0.276. The molecule has 0 aromatic carbocycles. The molecule has 0 aliphatic heterocycles. The van der Waals surface area contributed by atoms with E-state index in [4.69, 9.17) is 5.11 Å². The number of aromatic nitrogens is 2. The first kappa shape index (κ1) is 16.5. The van der Waals surface area contributed by atoms with Gasteiger partial charge in [0.25, 0.3) is 0 Å². The zero-order valence-electron chi connectivity index (χ0n) is 11.5. The maximum Gasteiger partial charge on any atom is 0.405 e. The molecule has 0 aliphatic rings. The van der Waals surface area contributed by atoms with Crippen molar-refractivity contribution in [2.45, 2.75) is 25.9 Å². The Labute approximate surface area is 115 Å². The lowest BCUT2D eigenvalue weighted by Crippen LogP contribution is -2.37. The van der Waals surface area contributed by atoms with Crippen molar-refractivity contribution in [1.29, 1.82) is 0 Å². The lowest BCUT2D eigenvalue weighted by atomic mass is 10.1. The summed E-state index contributed by atoms with van der Waals surface area (Å²) in [4.78, 5) is 9.03. The Hall–Kier alpha value is -1.57. The molecule has 0 saturated heterocycles. The Morgan fingerprint density at radius 2 is 2.05 bits per heavy atom. The van der Waals surface area contributed by atoms with Gasteiger partial charge in [-0.2, -0.15) is 13.2 Å². The Balaban J connectivity index is 3.17. The van der Waals surface area contributed by atoms with Gasteiger partial charge in [0.15, 0.2) is 0 Å². The van der Waals surface area contributed by atoms with E-state index in [2.05, 4.69) is 15.3 Å². The van der Waals surface area contributed by atoms with Crippen molar-refractivity contribution in [2.24, 2.45) is 0 Å². The standard InChI is InChI=1S/C12H19F3N4O/c1-3-4-9-10(16-2)17-8-18-11(9)19(5-6-20)7-12(13,14)15/h8,20H,3-7H2,1-2H3,(H,16,17,18). The number of nitrogens with zero attached hydrogens (tertiary/aromatic N) is 3. The molecule has 0 aliphatic carbocycles. The highest BCUT2D eigenvalue weighted by Crippen LogP contribution is 2.27. The smallest absolute Gasteiger partial charge is 0.395 e. The third-order valence-corrected chi connectivity index (χ3v) is 2.70. The molecule has 1 rings (SSSR count). The van der Waals surface area contributed by atoms with E-state index >= 15 is 0 Å². The highest BCUT2D eigenvalue weighted by atomic mass is 19.4. The van der Waals surface area contributed by atoms with Crippen LogP contribution in [0.2, 0.25) is 0 Å². The van der Waals surface area contributed by atoms with Gasteiger partial charge in [-0.25, -0.2) is 9.97 Å². The maximum absolute atomic E-state index is 12.6. The zero-order valence-corrected chi connectivity index (χ0v) is 11.5. The van der Waals surface area contributed by atoms with Gasteiger partial charge in [0.1, 0.15) is 24.5 Å². The second-order valence-electron chi connectivity index (χ2n) is 4.28. The number of rotatable bonds is 7. The first-order chi connectivity index (χ1) is 9.42. The van der Waals surface area contributed by atoms with Crippen molar-refractivity contribution in [3.8, 4) is 0 Å². The summed E-state index contributed by atoms with van der Waals surface area (Å²) >= 11 is 0. The lowest BCUT2D eigenvalue weighted by Gasteiger charge is -2.26. The summed E-state index contributed by atoms with van der Waals surface area (Å²) in [6, 6.07) is 0. The van der Waals surface area contributed by atoms with Crippen LogP contribution >= 0.6 is 0 Å². The Bertz CT molecular complexity index is 426. The van der Waals surface area contributed by atoms with Crippen LogP contribution in [0.3, 0.4) is 0 Å². The molecule has 2 N–H and O–H groups in total. The Morgan fingerprint density at radius 3 is 2.55 bits per heavy atom. The quantitative estimate of drug-likeness (QED) is 0.803. The molecule has 0 radical (unpaired) electrons. The van der Waals surface area contributed by atoms with Gasteiger partial charge < -0.3 is 15.3 Å². The van der Waals surface area contributed by atoms with Crippen LogP contribution in [0.1, 0.15) is 18.9 Å². The molecule has 0 spiro atoms. The van der Waals surface area contributed by atoms with Gasteiger partial charge in [-0.15, -0.1) is 0 Å². The molecule has 0 fully saturated rings. The van der Waals surface area contributed by atoms with Crippen molar-refractivity contribution >= 4 is 11.6 Å². The van der Waals surface area contributed by atoms with Crippen LogP contribution in [0.15, 0.2) is 6.33 Å². The minimum Gasteiger partial charge on any atom is -0.395 e. The number of aliphatic hydroxyl groups excluding tert-OH is 1. The molecule has 1 heterocycles. The Morgan fingerprint density at radius 1 is 1.35 bits per heavy atom. The number of hydrogen-bond donors (Lipinski definition) is 2. The number of halogens is 3. The summed E-state index contributed by atoms with van der Waals surface area (Å²) in [7, 11) is 1.66. The second-order valence-corrected chi connectivity index (χ2v) is 4.28. The fraction of sp³-hybridized carbons (Fsp3) is 0.667. The highest BCUT2D eigenvalue weighted by molar-refractivity contribution is 5.58. The first-order valence-corrected chi connectivity index (χ1v) is 6.37. The third-order valence-electron chi connectivity index (χ3n) is 2.70. The highest BCUT2D eigenvalue weighted by Gasteiger charge is 2.32. The summed E-state index contributed by atoms with van der Waals surface area (Å²) < 4.78 is 37.9. The molecule has 20 heavy (non-hydrogen) atoms. The summed E-state index contributed by atoms with van der Waals surface area (Å²) in [5, 5.41) is 11.8. The SMILES string of the molecule is CCCc1c(NC)ncnc1N(CCO)CC(F)(F)F. The monoisotopic (exact) mass is 292 g/mol. The second kappa shape index (κ2) is 7.28. The third kappa shape index (κ3) is 4.52. The van der Waals surface area contributed by atoms with Crippen LogP contribution in [0.25, 0.3) is 0 Å². The molecule has 114 valence electrons. The van der Waals surface area contributed by atoms with E-state index in [0.29, 0.717) is 17.8 Å². The molecule has 0 atom stereocenters. The van der Waals surface area contributed by atoms with E-state index in [-0.39, 0.29) is 19.0 Å². The largest absolute Gasteiger partial charge is 0.405 e. The van der Waals surface area contributed by atoms with Crippen LogP contribution in [-0.2, 0) is 6.42 Å². The first-order valence-electron chi connectivity index (χ1n) is 6.37. The van der Waals surface area contributed by atoms with Crippen LogP contribution < -0.4 is 10.2 Å². The van der Waals surface area contributed by atoms with Crippen molar-refractivity contribution in [3.05, 3.63) is 11.9 Å². The van der Waals surface area contributed by atoms with Crippen LogP contribution in [0.4, 0.5) is 24.8 Å². The fourth-order valence-electron chi connectivity index (χ4n) is 1.97. The summed E-state index contributed by atoms with van der Waals surface area (Å²) in [5.41, 5.74) is 0.634. The number of anilines is 2. The van der Waals surface area contributed by atoms with E-state index in [9.17, 15) is 13.2 Å². The fourth-order valence-corrected chi connectivity index (χ4v) is 1.97. The van der Waals surface area contributed by atoms with E-state index in [1.54, 1.807) is 7.05 Å². The summed E-state index contributed by atoms with van der Waals surface area (Å²) in [6.07, 6.45) is -1.81. The van der Waals surface area contributed by atoms with Gasteiger partial charge >= 0.3 is 6.18 Å². The van der Waals surface area contributed by atoms with Gasteiger partial charge in [-0.1, -0.05) is 13.3 Å². The molecule has 0 amide bonds. The molecule has 5 nitrogen and oxygen atoms in total. The van der Waals surface area contributed by atoms with Gasteiger partial charge in [0.2, 0.25) is 0 Å². The van der Waals surface area contributed by atoms with Gasteiger partial charge in [0, 0.05) is 19.2 Å². The number of nitrogens with one attached hydrogen (secondary N) is 1. The van der Waals surface area contributed by atoms with Crippen molar-refractivity contribution < 1.29 is 18.3 Å². The predicted octanol–water partition coefficient (Wildman–Crippen LogP) is 1.83. The zero-order chi connectivity index (χ0) is 15.2. The van der Waals surface area contributed by atoms with E-state index < -0.39 is 12.7 Å². The number of hydrogen-bond acceptors (Lipinski definition) is 5. The maximum atomic E-state index is 12.6. The average Bonchev–Trinajstić information content (AvgIpc) is 2.37. The predicted molar refractivity (Wildman–Crippen MR) is 70.9 cm³/mol. The van der Waals surface area contributed by atoms with Gasteiger partial charge in [0.05, 0.1) is 6.61 Å². The molecule has 0 saturated carbocycles. The minimum absolute atomic E-state index is 0.129. The molecule has 8 heteroatoms. The van der Waals surface area contributed by atoms with E-state index in [1.807, 2.05) is 6.92 Å². The van der Waals surface area contributed by atoms with Crippen LogP contribution in [-0.4, -0.2) is 48.0 Å².